The SMILES string of the molecule is CCOC(=O)[C@H](C)NS(=O)(=O)c1cc2ccc3cccc4ccc(c1)c2c34. The molecule has 6 heteroatoms. The monoisotopic (exact) mass is 381 g/mol. The molecule has 0 unspecified atom stereocenters. The van der Waals surface area contributed by atoms with Crippen LogP contribution in [0.1, 0.15) is 13.8 Å². The van der Waals surface area contributed by atoms with Crippen molar-refractivity contribution in [2.24, 2.45) is 0 Å². The first-order valence-corrected chi connectivity index (χ1v) is 10.3. The van der Waals surface area contributed by atoms with Gasteiger partial charge in [-0.2, -0.15) is 4.72 Å². The maximum atomic E-state index is 12.8. The lowest BCUT2D eigenvalue weighted by molar-refractivity contribution is -0.144. The van der Waals surface area contributed by atoms with E-state index < -0.39 is 22.0 Å². The summed E-state index contributed by atoms with van der Waals surface area (Å²) in [4.78, 5) is 11.9. The Kier molecular flexibility index (Phi) is 4.25. The molecule has 5 nitrogen and oxygen atoms in total. The number of hydrogen-bond acceptors (Lipinski definition) is 4. The highest BCUT2D eigenvalue weighted by Gasteiger charge is 2.24. The number of nitrogens with one attached hydrogen (secondary N) is 1. The van der Waals surface area contributed by atoms with Gasteiger partial charge in [-0.05, 0) is 58.3 Å². The van der Waals surface area contributed by atoms with Crippen LogP contribution in [0.15, 0.2) is 59.5 Å². The van der Waals surface area contributed by atoms with Gasteiger partial charge in [-0.1, -0.05) is 42.5 Å². The van der Waals surface area contributed by atoms with Gasteiger partial charge in [0.2, 0.25) is 10.0 Å². The molecule has 0 heterocycles. The average Bonchev–Trinajstić information content (AvgIpc) is 2.65. The average molecular weight is 381 g/mol. The molecule has 0 aliphatic rings. The Morgan fingerprint density at radius 1 is 0.963 bits per heavy atom. The largest absolute Gasteiger partial charge is 0.465 e. The van der Waals surface area contributed by atoms with Gasteiger partial charge in [-0.15, -0.1) is 0 Å². The zero-order chi connectivity index (χ0) is 19.2. The Morgan fingerprint density at radius 2 is 1.48 bits per heavy atom. The Balaban J connectivity index is 1.84. The minimum Gasteiger partial charge on any atom is -0.465 e. The van der Waals surface area contributed by atoms with Crippen LogP contribution in [0, 0.1) is 0 Å². The van der Waals surface area contributed by atoms with Crippen molar-refractivity contribution in [1.82, 2.24) is 4.72 Å². The van der Waals surface area contributed by atoms with Crippen LogP contribution in [-0.2, 0) is 19.6 Å². The van der Waals surface area contributed by atoms with Gasteiger partial charge >= 0.3 is 5.97 Å². The third-order valence-corrected chi connectivity index (χ3v) is 6.24. The summed E-state index contributed by atoms with van der Waals surface area (Å²) in [5, 5.41) is 6.11. The number of ether oxygens (including phenoxy) is 1. The van der Waals surface area contributed by atoms with E-state index in [1.807, 2.05) is 30.3 Å². The Morgan fingerprint density at radius 3 is 2.04 bits per heavy atom. The van der Waals surface area contributed by atoms with Crippen LogP contribution in [0.2, 0.25) is 0 Å². The third-order valence-electron chi connectivity index (χ3n) is 4.72. The van der Waals surface area contributed by atoms with Crippen LogP contribution < -0.4 is 4.72 Å². The molecule has 0 bridgehead atoms. The van der Waals surface area contributed by atoms with Crippen LogP contribution >= 0.6 is 0 Å². The van der Waals surface area contributed by atoms with Gasteiger partial charge < -0.3 is 4.74 Å². The molecule has 4 aromatic carbocycles. The second-order valence-electron chi connectivity index (χ2n) is 6.55. The van der Waals surface area contributed by atoms with Crippen molar-refractivity contribution in [3.05, 3.63) is 54.6 Å². The molecule has 27 heavy (non-hydrogen) atoms. The lowest BCUT2D eigenvalue weighted by Gasteiger charge is -2.15. The fourth-order valence-electron chi connectivity index (χ4n) is 3.50. The van der Waals surface area contributed by atoms with E-state index >= 15 is 0 Å². The second-order valence-corrected chi connectivity index (χ2v) is 8.26. The fourth-order valence-corrected chi connectivity index (χ4v) is 4.76. The van der Waals surface area contributed by atoms with E-state index in [2.05, 4.69) is 16.9 Å². The summed E-state index contributed by atoms with van der Waals surface area (Å²) in [7, 11) is -3.86. The highest BCUT2D eigenvalue weighted by atomic mass is 32.2. The van der Waals surface area contributed by atoms with Gasteiger partial charge in [-0.25, -0.2) is 8.42 Å². The van der Waals surface area contributed by atoms with Gasteiger partial charge in [0.25, 0.3) is 0 Å². The summed E-state index contributed by atoms with van der Waals surface area (Å²) in [5.41, 5.74) is 0. The van der Waals surface area contributed by atoms with Gasteiger partial charge in [0.05, 0.1) is 11.5 Å². The first-order valence-electron chi connectivity index (χ1n) is 8.77. The Labute approximate surface area is 157 Å². The van der Waals surface area contributed by atoms with Crippen molar-refractivity contribution < 1.29 is 17.9 Å². The molecule has 138 valence electrons. The maximum Gasteiger partial charge on any atom is 0.323 e. The molecular formula is C21H19NO4S. The molecule has 0 aromatic heterocycles. The van der Waals surface area contributed by atoms with Gasteiger partial charge in [0.15, 0.2) is 0 Å². The van der Waals surface area contributed by atoms with E-state index in [4.69, 9.17) is 4.74 Å². The summed E-state index contributed by atoms with van der Waals surface area (Å²) in [6.45, 7) is 3.35. The summed E-state index contributed by atoms with van der Waals surface area (Å²) in [6.07, 6.45) is 0. The van der Waals surface area contributed by atoms with Crippen molar-refractivity contribution in [3.8, 4) is 0 Å². The molecule has 4 rings (SSSR count). The van der Waals surface area contributed by atoms with Crippen molar-refractivity contribution in [2.75, 3.05) is 6.61 Å². The van der Waals surface area contributed by atoms with Crippen molar-refractivity contribution in [2.45, 2.75) is 24.8 Å². The van der Waals surface area contributed by atoms with Crippen molar-refractivity contribution in [3.63, 3.8) is 0 Å². The van der Waals surface area contributed by atoms with Gasteiger partial charge in [0, 0.05) is 0 Å². The molecule has 0 fully saturated rings. The van der Waals surface area contributed by atoms with Crippen molar-refractivity contribution >= 4 is 48.3 Å². The second kappa shape index (κ2) is 6.48. The summed E-state index contributed by atoms with van der Waals surface area (Å²) in [6, 6.07) is 16.3. The minimum atomic E-state index is -3.86. The Bertz CT molecular complexity index is 1200. The minimum absolute atomic E-state index is 0.129. The van der Waals surface area contributed by atoms with E-state index in [0.29, 0.717) is 0 Å². The van der Waals surface area contributed by atoms with E-state index in [9.17, 15) is 13.2 Å². The first-order chi connectivity index (χ1) is 12.9. The first kappa shape index (κ1) is 17.7. The molecule has 4 aromatic rings. The lowest BCUT2D eigenvalue weighted by Crippen LogP contribution is -2.39. The summed E-state index contributed by atoms with van der Waals surface area (Å²) in [5.74, 6) is -0.598. The summed E-state index contributed by atoms with van der Waals surface area (Å²) < 4.78 is 32.9. The zero-order valence-electron chi connectivity index (χ0n) is 15.0. The predicted octanol–water partition coefficient (Wildman–Crippen LogP) is 3.81. The van der Waals surface area contributed by atoms with Crippen LogP contribution in [-0.4, -0.2) is 27.0 Å². The number of benzene rings is 4. The quantitative estimate of drug-likeness (QED) is 0.421. The van der Waals surface area contributed by atoms with E-state index in [1.165, 1.54) is 6.92 Å². The molecule has 0 aliphatic carbocycles. The molecule has 1 N–H and O–H groups in total. The lowest BCUT2D eigenvalue weighted by atomic mass is 9.94. The van der Waals surface area contributed by atoms with Crippen molar-refractivity contribution in [1.29, 1.82) is 0 Å². The van der Waals surface area contributed by atoms with Crippen LogP contribution in [0.25, 0.3) is 32.3 Å². The highest BCUT2D eigenvalue weighted by molar-refractivity contribution is 7.89. The normalized spacial score (nSPS) is 13.4. The van der Waals surface area contributed by atoms with E-state index in [1.54, 1.807) is 19.1 Å². The molecule has 0 saturated heterocycles. The number of carbonyl (C=O) groups excluding carboxylic acids is 1. The Hall–Kier alpha value is -2.70. The maximum absolute atomic E-state index is 12.8. The number of rotatable bonds is 5. The highest BCUT2D eigenvalue weighted by Crippen LogP contribution is 2.35. The molecule has 0 spiro atoms. The van der Waals surface area contributed by atoms with Crippen LogP contribution in [0.5, 0.6) is 0 Å². The van der Waals surface area contributed by atoms with Gasteiger partial charge in [-0.3, -0.25) is 4.79 Å². The number of hydrogen-bond donors (Lipinski definition) is 1. The van der Waals surface area contributed by atoms with Crippen LogP contribution in [0.3, 0.4) is 0 Å². The van der Waals surface area contributed by atoms with E-state index in [-0.39, 0.29) is 11.5 Å². The van der Waals surface area contributed by atoms with E-state index in [0.717, 1.165) is 32.3 Å². The van der Waals surface area contributed by atoms with Crippen LogP contribution in [0.4, 0.5) is 0 Å². The standard InChI is InChI=1S/C21H19NO4S/c1-3-26-21(23)13(2)22-27(24,25)18-11-16-9-7-14-5-4-6-15-8-10-17(12-18)20(16)19(14)15/h4-13,22H,3H2,1-2H3/t13-/m0/s1. The van der Waals surface area contributed by atoms with Gasteiger partial charge in [0.1, 0.15) is 6.04 Å². The summed E-state index contributed by atoms with van der Waals surface area (Å²) >= 11 is 0. The third kappa shape index (κ3) is 3.01. The molecule has 0 aliphatic heterocycles. The molecule has 1 atom stereocenters. The fraction of sp³-hybridized carbons (Fsp3) is 0.190. The smallest absolute Gasteiger partial charge is 0.323 e. The number of esters is 1. The predicted molar refractivity (Wildman–Crippen MR) is 107 cm³/mol. The zero-order valence-corrected chi connectivity index (χ0v) is 15.8. The number of carbonyl (C=O) groups is 1. The molecular weight excluding hydrogens is 362 g/mol. The molecule has 0 radical (unpaired) electrons. The number of sulfonamides is 1. The topological polar surface area (TPSA) is 72.5 Å². The molecule has 0 saturated carbocycles. The molecule has 0 amide bonds.